The Balaban J connectivity index is 1.52. The first-order chi connectivity index (χ1) is 19.8. The van der Waals surface area contributed by atoms with Gasteiger partial charge in [-0.3, -0.25) is 24.5 Å². The highest BCUT2D eigenvalue weighted by Crippen LogP contribution is 2.60. The Kier molecular flexibility index (Phi) is 5.41. The van der Waals surface area contributed by atoms with Crippen molar-refractivity contribution in [2.75, 3.05) is 4.90 Å². The summed E-state index contributed by atoms with van der Waals surface area (Å²) < 4.78 is 0. The summed E-state index contributed by atoms with van der Waals surface area (Å²) in [5.41, 5.74) is 2.65. The summed E-state index contributed by atoms with van der Waals surface area (Å²) in [5.74, 6) is -1.71. The van der Waals surface area contributed by atoms with E-state index in [2.05, 4.69) is 0 Å². The Hall–Kier alpha value is -5.17. The molecule has 0 aromatic heterocycles. The molecule has 2 heterocycles. The molecule has 0 bridgehead atoms. The van der Waals surface area contributed by atoms with Gasteiger partial charge in [0.1, 0.15) is 11.5 Å². The number of carbonyl (C=O) groups is 3. The second-order valence-electron chi connectivity index (χ2n) is 10.8. The van der Waals surface area contributed by atoms with Crippen molar-refractivity contribution < 1.29 is 19.3 Å². The van der Waals surface area contributed by atoms with Gasteiger partial charge in [-0.15, -0.1) is 0 Å². The fraction of sp³-hybridized carbons (Fsp3) is 0.147. The van der Waals surface area contributed by atoms with Crippen molar-refractivity contribution in [1.29, 1.82) is 0 Å². The molecule has 0 radical (unpaired) electrons. The maximum absolute atomic E-state index is 14.6. The van der Waals surface area contributed by atoms with Crippen LogP contribution < -0.4 is 4.90 Å². The minimum absolute atomic E-state index is 0.125. The van der Waals surface area contributed by atoms with Crippen molar-refractivity contribution in [2.24, 2.45) is 5.41 Å². The number of ketones is 3. The lowest BCUT2D eigenvalue weighted by Crippen LogP contribution is -2.48. The number of nitrogens with zero attached hydrogens (tertiary/aromatic N) is 2. The molecule has 7 heteroatoms. The molecule has 1 aliphatic carbocycles. The molecule has 1 saturated heterocycles. The van der Waals surface area contributed by atoms with Gasteiger partial charge in [-0.2, -0.15) is 0 Å². The molecular weight excluding hydrogens is 516 g/mol. The standard InChI is InChI=1S/C34H24N2O5/c1-20-10-12-22(13-11-20)29-30(31(37)23-14-17-24(18-15-23)36(40)41)35-27-9-5-2-6-21(27)16-19-28(35)34(29)32(38)25-7-3-4-8-26(25)33(34)39/h2-19,28-30H,1H3/t28-,29+,30-/m1/s1. The van der Waals surface area contributed by atoms with Crippen LogP contribution in [-0.2, 0) is 0 Å². The monoisotopic (exact) mass is 540 g/mol. The first-order valence-corrected chi connectivity index (χ1v) is 13.4. The molecule has 3 aliphatic rings. The summed E-state index contributed by atoms with van der Waals surface area (Å²) in [4.78, 5) is 56.6. The van der Waals surface area contributed by atoms with Crippen molar-refractivity contribution in [3.8, 4) is 0 Å². The van der Waals surface area contributed by atoms with E-state index >= 15 is 0 Å². The first kappa shape index (κ1) is 24.8. The lowest BCUT2D eigenvalue weighted by atomic mass is 9.64. The number of fused-ring (bicyclic) bond motifs is 5. The topological polar surface area (TPSA) is 97.6 Å². The predicted octanol–water partition coefficient (Wildman–Crippen LogP) is 6.22. The van der Waals surface area contributed by atoms with Gasteiger partial charge >= 0.3 is 0 Å². The summed E-state index contributed by atoms with van der Waals surface area (Å²) in [6.45, 7) is 1.96. The third-order valence-corrected chi connectivity index (χ3v) is 8.78. The number of hydrogen-bond acceptors (Lipinski definition) is 6. The van der Waals surface area contributed by atoms with Crippen LogP contribution >= 0.6 is 0 Å². The van der Waals surface area contributed by atoms with Crippen molar-refractivity contribution in [2.45, 2.75) is 24.9 Å². The molecule has 7 rings (SSSR count). The average molecular weight is 541 g/mol. The highest BCUT2D eigenvalue weighted by Gasteiger charge is 2.71. The normalized spacial score (nSPS) is 21.5. The number of Topliss-reactive ketones (excluding diaryl/α,β-unsaturated/α-hetero) is 3. The number of hydrogen-bond donors (Lipinski definition) is 0. The average Bonchev–Trinajstić information content (AvgIpc) is 3.43. The van der Waals surface area contributed by atoms with Gasteiger partial charge in [-0.25, -0.2) is 0 Å². The smallest absolute Gasteiger partial charge is 0.269 e. The van der Waals surface area contributed by atoms with Crippen LogP contribution in [0.1, 0.15) is 53.7 Å². The number of nitro benzene ring substituents is 1. The molecule has 2 aliphatic heterocycles. The van der Waals surface area contributed by atoms with E-state index in [1.165, 1.54) is 24.3 Å². The Morgan fingerprint density at radius 2 is 1.44 bits per heavy atom. The molecule has 0 saturated carbocycles. The molecule has 0 unspecified atom stereocenters. The highest BCUT2D eigenvalue weighted by atomic mass is 16.6. The zero-order valence-electron chi connectivity index (χ0n) is 22.1. The summed E-state index contributed by atoms with van der Waals surface area (Å²) >= 11 is 0. The maximum Gasteiger partial charge on any atom is 0.269 e. The van der Waals surface area contributed by atoms with E-state index in [1.54, 1.807) is 24.3 Å². The number of carbonyl (C=O) groups excluding carboxylic acids is 3. The number of para-hydroxylation sites is 1. The number of rotatable bonds is 4. The maximum atomic E-state index is 14.6. The molecule has 0 amide bonds. The predicted molar refractivity (Wildman–Crippen MR) is 154 cm³/mol. The van der Waals surface area contributed by atoms with Crippen LogP contribution in [0.15, 0.2) is 103 Å². The minimum Gasteiger partial charge on any atom is -0.352 e. The van der Waals surface area contributed by atoms with E-state index in [-0.39, 0.29) is 28.6 Å². The van der Waals surface area contributed by atoms with Gasteiger partial charge in [0.15, 0.2) is 17.3 Å². The summed E-state index contributed by atoms with van der Waals surface area (Å²) in [6, 6.07) is 26.0. The number of aryl methyl sites for hydroxylation is 1. The van der Waals surface area contributed by atoms with Crippen molar-refractivity contribution >= 4 is 34.8 Å². The summed E-state index contributed by atoms with van der Waals surface area (Å²) in [7, 11) is 0. The zero-order chi connectivity index (χ0) is 28.5. The van der Waals surface area contributed by atoms with E-state index in [9.17, 15) is 24.5 Å². The SMILES string of the molecule is Cc1ccc([C@H]2[C@H](C(=O)c3ccc([N+](=O)[O-])cc3)N3c4ccccc4C=C[C@@H]3C23C(=O)c2ccccc2C3=O)cc1. The molecule has 4 aromatic rings. The van der Waals surface area contributed by atoms with E-state index in [1.807, 2.05) is 72.5 Å². The number of benzene rings is 4. The molecular formula is C34H24N2O5. The van der Waals surface area contributed by atoms with Crippen LogP contribution in [-0.4, -0.2) is 34.4 Å². The molecule has 200 valence electrons. The fourth-order valence-corrected chi connectivity index (χ4v) is 6.98. The third-order valence-electron chi connectivity index (χ3n) is 8.78. The van der Waals surface area contributed by atoms with E-state index < -0.39 is 28.3 Å². The molecule has 0 N–H and O–H groups in total. The number of nitro groups is 1. The first-order valence-electron chi connectivity index (χ1n) is 13.4. The van der Waals surface area contributed by atoms with E-state index in [4.69, 9.17) is 0 Å². The van der Waals surface area contributed by atoms with Gasteiger partial charge in [-0.05, 0) is 36.2 Å². The van der Waals surface area contributed by atoms with Crippen molar-refractivity contribution in [3.63, 3.8) is 0 Å². The molecule has 3 atom stereocenters. The van der Waals surface area contributed by atoms with E-state index in [0.29, 0.717) is 16.7 Å². The van der Waals surface area contributed by atoms with Gasteiger partial charge in [0, 0.05) is 40.4 Å². The summed E-state index contributed by atoms with van der Waals surface area (Å²) in [5, 5.41) is 11.3. The number of non-ortho nitro benzene ring substituents is 1. The highest BCUT2D eigenvalue weighted by molar-refractivity contribution is 6.32. The van der Waals surface area contributed by atoms with Crippen LogP contribution in [0.4, 0.5) is 11.4 Å². The molecule has 4 aromatic carbocycles. The zero-order valence-corrected chi connectivity index (χ0v) is 22.1. The molecule has 41 heavy (non-hydrogen) atoms. The van der Waals surface area contributed by atoms with Crippen molar-refractivity contribution in [3.05, 3.63) is 147 Å². The lowest BCUT2D eigenvalue weighted by molar-refractivity contribution is -0.384. The van der Waals surface area contributed by atoms with Gasteiger partial charge in [0.2, 0.25) is 0 Å². The fourth-order valence-electron chi connectivity index (χ4n) is 6.98. The Bertz CT molecular complexity index is 1770. The minimum atomic E-state index is -1.58. The Morgan fingerprint density at radius 3 is 2.07 bits per heavy atom. The third kappa shape index (κ3) is 3.35. The quantitative estimate of drug-likeness (QED) is 0.132. The second-order valence-corrected chi connectivity index (χ2v) is 10.8. The van der Waals surface area contributed by atoms with Gasteiger partial charge in [0.05, 0.1) is 11.0 Å². The van der Waals surface area contributed by atoms with E-state index in [0.717, 1.165) is 16.8 Å². The summed E-state index contributed by atoms with van der Waals surface area (Å²) in [6.07, 6.45) is 3.81. The molecule has 7 nitrogen and oxygen atoms in total. The van der Waals surface area contributed by atoms with Crippen LogP contribution in [0.25, 0.3) is 6.08 Å². The van der Waals surface area contributed by atoms with Crippen LogP contribution in [0.2, 0.25) is 0 Å². The van der Waals surface area contributed by atoms with Crippen LogP contribution in [0, 0.1) is 22.5 Å². The Morgan fingerprint density at radius 1 is 0.829 bits per heavy atom. The lowest BCUT2D eigenvalue weighted by Gasteiger charge is -2.37. The number of anilines is 1. The van der Waals surface area contributed by atoms with Gasteiger partial charge in [-0.1, -0.05) is 84.4 Å². The van der Waals surface area contributed by atoms with Crippen molar-refractivity contribution in [1.82, 2.24) is 0 Å². The second kappa shape index (κ2) is 8.93. The largest absolute Gasteiger partial charge is 0.352 e. The van der Waals surface area contributed by atoms with Gasteiger partial charge < -0.3 is 4.90 Å². The molecule has 1 spiro atoms. The van der Waals surface area contributed by atoms with Gasteiger partial charge in [0.25, 0.3) is 5.69 Å². The molecule has 1 fully saturated rings. The van der Waals surface area contributed by atoms with Crippen LogP contribution in [0.5, 0.6) is 0 Å². The van der Waals surface area contributed by atoms with Crippen LogP contribution in [0.3, 0.4) is 0 Å². The Labute approximate surface area is 235 Å².